The minimum atomic E-state index is -0.704. The van der Waals surface area contributed by atoms with Crippen LogP contribution in [0.3, 0.4) is 0 Å². The van der Waals surface area contributed by atoms with Crippen LogP contribution in [0.5, 0.6) is 11.5 Å². The van der Waals surface area contributed by atoms with Crippen LogP contribution >= 0.6 is 0 Å². The van der Waals surface area contributed by atoms with Gasteiger partial charge in [0.15, 0.2) is 11.5 Å². The number of anilines is 1. The number of aryl methyl sites for hydroxylation is 1. The summed E-state index contributed by atoms with van der Waals surface area (Å²) >= 11 is 0. The molecule has 2 aromatic rings. The number of carbonyl (C=O) groups is 1. The highest BCUT2D eigenvalue weighted by atomic mass is 16.5. The first-order valence-electron chi connectivity index (χ1n) is 7.49. The zero-order valence-corrected chi connectivity index (χ0v) is 14.3. The Morgan fingerprint density at radius 2 is 1.57 bits per heavy atom. The van der Waals surface area contributed by atoms with Gasteiger partial charge in [0.25, 0.3) is 0 Å². The number of nitrogens with one attached hydrogen (secondary N) is 1. The SMILES string of the molecule is COc1ccc(C(C)(C)C(=O)Nc2ccc(C)cc2)cc1OC. The van der Waals surface area contributed by atoms with Crippen molar-refractivity contribution in [3.63, 3.8) is 0 Å². The molecule has 23 heavy (non-hydrogen) atoms. The maximum absolute atomic E-state index is 12.7. The van der Waals surface area contributed by atoms with E-state index in [9.17, 15) is 4.79 Å². The Morgan fingerprint density at radius 1 is 0.957 bits per heavy atom. The molecule has 0 atom stereocenters. The molecule has 122 valence electrons. The van der Waals surface area contributed by atoms with Gasteiger partial charge in [0.2, 0.25) is 5.91 Å². The van der Waals surface area contributed by atoms with E-state index >= 15 is 0 Å². The van der Waals surface area contributed by atoms with Crippen molar-refractivity contribution in [1.29, 1.82) is 0 Å². The fourth-order valence-electron chi connectivity index (χ4n) is 2.28. The van der Waals surface area contributed by atoms with Crippen molar-refractivity contribution in [2.75, 3.05) is 19.5 Å². The number of amides is 1. The third-order valence-corrected chi connectivity index (χ3v) is 3.98. The van der Waals surface area contributed by atoms with Gasteiger partial charge in [-0.3, -0.25) is 4.79 Å². The number of ether oxygens (including phenoxy) is 2. The lowest BCUT2D eigenvalue weighted by Gasteiger charge is -2.25. The van der Waals surface area contributed by atoms with Crippen molar-refractivity contribution in [2.45, 2.75) is 26.2 Å². The molecular weight excluding hydrogens is 290 g/mol. The van der Waals surface area contributed by atoms with Crippen LogP contribution in [0.4, 0.5) is 5.69 Å². The highest BCUT2D eigenvalue weighted by Crippen LogP contribution is 2.33. The summed E-state index contributed by atoms with van der Waals surface area (Å²) in [5.74, 6) is 1.18. The fourth-order valence-corrected chi connectivity index (χ4v) is 2.28. The predicted octanol–water partition coefficient (Wildman–Crippen LogP) is 3.93. The van der Waals surface area contributed by atoms with Crippen LogP contribution in [-0.4, -0.2) is 20.1 Å². The van der Waals surface area contributed by atoms with Gasteiger partial charge in [-0.25, -0.2) is 0 Å². The molecule has 4 heteroatoms. The van der Waals surface area contributed by atoms with E-state index in [0.29, 0.717) is 11.5 Å². The molecule has 2 aromatic carbocycles. The molecule has 0 unspecified atom stereocenters. The second-order valence-electron chi connectivity index (χ2n) is 6.01. The lowest BCUT2D eigenvalue weighted by molar-refractivity contribution is -0.120. The van der Waals surface area contributed by atoms with Crippen molar-refractivity contribution in [2.24, 2.45) is 0 Å². The molecule has 0 heterocycles. The van der Waals surface area contributed by atoms with Gasteiger partial charge in [-0.05, 0) is 50.6 Å². The van der Waals surface area contributed by atoms with Crippen LogP contribution in [0, 0.1) is 6.92 Å². The molecule has 1 amide bonds. The van der Waals surface area contributed by atoms with Crippen LogP contribution in [0.2, 0.25) is 0 Å². The lowest BCUT2D eigenvalue weighted by Crippen LogP contribution is -2.34. The number of hydrogen-bond donors (Lipinski definition) is 1. The first kappa shape index (κ1) is 16.9. The first-order valence-corrected chi connectivity index (χ1v) is 7.49. The number of hydrogen-bond acceptors (Lipinski definition) is 3. The Hall–Kier alpha value is -2.49. The molecule has 0 aliphatic rings. The minimum Gasteiger partial charge on any atom is -0.493 e. The van der Waals surface area contributed by atoms with Gasteiger partial charge in [0.1, 0.15) is 0 Å². The highest BCUT2D eigenvalue weighted by Gasteiger charge is 2.30. The van der Waals surface area contributed by atoms with Crippen molar-refractivity contribution in [1.82, 2.24) is 0 Å². The van der Waals surface area contributed by atoms with E-state index in [0.717, 1.165) is 16.8 Å². The van der Waals surface area contributed by atoms with E-state index in [-0.39, 0.29) is 5.91 Å². The molecule has 1 N–H and O–H groups in total. The van der Waals surface area contributed by atoms with Gasteiger partial charge in [-0.15, -0.1) is 0 Å². The summed E-state index contributed by atoms with van der Waals surface area (Å²) in [7, 11) is 3.17. The Balaban J connectivity index is 2.26. The fraction of sp³-hybridized carbons (Fsp3) is 0.316. The highest BCUT2D eigenvalue weighted by molar-refractivity contribution is 5.98. The van der Waals surface area contributed by atoms with E-state index < -0.39 is 5.41 Å². The van der Waals surface area contributed by atoms with E-state index in [1.54, 1.807) is 14.2 Å². The van der Waals surface area contributed by atoms with Crippen molar-refractivity contribution < 1.29 is 14.3 Å². The monoisotopic (exact) mass is 313 g/mol. The average Bonchev–Trinajstić information content (AvgIpc) is 2.56. The molecule has 0 fully saturated rings. The van der Waals surface area contributed by atoms with Crippen molar-refractivity contribution in [3.05, 3.63) is 53.6 Å². The number of benzene rings is 2. The number of rotatable bonds is 5. The molecule has 0 aromatic heterocycles. The third-order valence-electron chi connectivity index (χ3n) is 3.98. The standard InChI is InChI=1S/C19H23NO3/c1-13-6-9-15(10-7-13)20-18(21)19(2,3)14-8-11-16(22-4)17(12-14)23-5/h6-12H,1-5H3,(H,20,21). The topological polar surface area (TPSA) is 47.6 Å². The zero-order valence-electron chi connectivity index (χ0n) is 14.3. The summed E-state index contributed by atoms with van der Waals surface area (Å²) in [6.07, 6.45) is 0. The minimum absolute atomic E-state index is 0.0754. The largest absolute Gasteiger partial charge is 0.493 e. The lowest BCUT2D eigenvalue weighted by atomic mass is 9.83. The normalized spacial score (nSPS) is 11.0. The molecule has 0 aliphatic carbocycles. The van der Waals surface area contributed by atoms with Crippen molar-refractivity contribution in [3.8, 4) is 11.5 Å². The molecule has 4 nitrogen and oxygen atoms in total. The Kier molecular flexibility index (Phi) is 4.94. The van der Waals surface area contributed by atoms with Crippen LogP contribution in [-0.2, 0) is 10.2 Å². The van der Waals surface area contributed by atoms with Gasteiger partial charge < -0.3 is 14.8 Å². The summed E-state index contributed by atoms with van der Waals surface area (Å²) in [6, 6.07) is 13.3. The summed E-state index contributed by atoms with van der Waals surface area (Å²) in [4.78, 5) is 12.7. The van der Waals surface area contributed by atoms with Crippen LogP contribution in [0.15, 0.2) is 42.5 Å². The Bertz CT molecular complexity index is 690. The third kappa shape index (κ3) is 3.65. The second kappa shape index (κ2) is 6.73. The Morgan fingerprint density at radius 3 is 2.13 bits per heavy atom. The van der Waals surface area contributed by atoms with Gasteiger partial charge in [0, 0.05) is 5.69 Å². The zero-order chi connectivity index (χ0) is 17.0. The molecule has 0 bridgehead atoms. The van der Waals surface area contributed by atoms with E-state index in [1.165, 1.54) is 0 Å². The predicted molar refractivity (Wildman–Crippen MR) is 92.4 cm³/mol. The summed E-state index contributed by atoms with van der Waals surface area (Å²) in [5, 5.41) is 2.96. The molecule has 0 spiro atoms. The van der Waals surface area contributed by atoms with Crippen molar-refractivity contribution >= 4 is 11.6 Å². The summed E-state index contributed by atoms with van der Waals surface area (Å²) in [5.41, 5.74) is 2.10. The maximum Gasteiger partial charge on any atom is 0.234 e. The first-order chi connectivity index (χ1) is 10.9. The molecule has 0 radical (unpaired) electrons. The van der Waals surface area contributed by atoms with Crippen LogP contribution < -0.4 is 14.8 Å². The smallest absolute Gasteiger partial charge is 0.234 e. The molecule has 0 saturated heterocycles. The quantitative estimate of drug-likeness (QED) is 0.910. The van der Waals surface area contributed by atoms with E-state index in [4.69, 9.17) is 9.47 Å². The average molecular weight is 313 g/mol. The molecule has 0 aliphatic heterocycles. The van der Waals surface area contributed by atoms with E-state index in [1.807, 2.05) is 63.2 Å². The number of carbonyl (C=O) groups excluding carboxylic acids is 1. The molecule has 0 saturated carbocycles. The number of methoxy groups -OCH3 is 2. The van der Waals surface area contributed by atoms with Gasteiger partial charge in [0.05, 0.1) is 19.6 Å². The Labute approximate surface area is 137 Å². The van der Waals surface area contributed by atoms with Gasteiger partial charge in [-0.2, -0.15) is 0 Å². The van der Waals surface area contributed by atoms with E-state index in [2.05, 4.69) is 5.32 Å². The van der Waals surface area contributed by atoms with Crippen LogP contribution in [0.1, 0.15) is 25.0 Å². The summed E-state index contributed by atoms with van der Waals surface area (Å²) in [6.45, 7) is 5.79. The molecular formula is C19H23NO3. The second-order valence-corrected chi connectivity index (χ2v) is 6.01. The van der Waals surface area contributed by atoms with Crippen LogP contribution in [0.25, 0.3) is 0 Å². The molecule has 2 rings (SSSR count). The van der Waals surface area contributed by atoms with Gasteiger partial charge in [-0.1, -0.05) is 23.8 Å². The maximum atomic E-state index is 12.7. The van der Waals surface area contributed by atoms with Gasteiger partial charge >= 0.3 is 0 Å². The summed E-state index contributed by atoms with van der Waals surface area (Å²) < 4.78 is 10.6.